The van der Waals surface area contributed by atoms with E-state index in [2.05, 4.69) is 10.6 Å². The Balaban J connectivity index is 1.96. The van der Waals surface area contributed by atoms with Crippen LogP contribution >= 0.6 is 23.2 Å². The van der Waals surface area contributed by atoms with E-state index in [1.54, 1.807) is 42.5 Å². The largest absolute Gasteiger partial charge is 0.350 e. The summed E-state index contributed by atoms with van der Waals surface area (Å²) in [6.07, 6.45) is 0.743. The summed E-state index contributed by atoms with van der Waals surface area (Å²) in [6, 6.07) is 17.3. The van der Waals surface area contributed by atoms with E-state index in [1.807, 2.05) is 20.8 Å². The smallest absolute Gasteiger partial charge is 0.264 e. The molecule has 0 radical (unpaired) electrons. The molecule has 7 nitrogen and oxygen atoms in total. The molecule has 0 unspecified atom stereocenters. The molecule has 0 aliphatic carbocycles. The highest BCUT2D eigenvalue weighted by Gasteiger charge is 2.29. The van der Waals surface area contributed by atoms with Gasteiger partial charge in [0.05, 0.1) is 31.9 Å². The van der Waals surface area contributed by atoms with Crippen LogP contribution in [0.3, 0.4) is 0 Å². The Morgan fingerprint density at radius 3 is 2.31 bits per heavy atom. The quantitative estimate of drug-likeness (QED) is 0.361. The molecule has 0 spiro atoms. The Kier molecular flexibility index (Phi) is 9.00. The second-order valence-corrected chi connectivity index (χ2v) is 10.9. The van der Waals surface area contributed by atoms with E-state index < -0.39 is 22.5 Å². The third-order valence-electron chi connectivity index (χ3n) is 5.53. The predicted octanol–water partition coefficient (Wildman–Crippen LogP) is 5.66. The number of amides is 2. The molecule has 3 aromatic carbocycles. The summed E-state index contributed by atoms with van der Waals surface area (Å²) < 4.78 is 28.1. The molecular formula is C26H27Cl2N3O4S. The first-order valence-corrected chi connectivity index (χ1v) is 13.5. The Morgan fingerprint density at radius 1 is 0.972 bits per heavy atom. The number of carbonyl (C=O) groups is 2. The number of benzene rings is 3. The molecule has 10 heteroatoms. The van der Waals surface area contributed by atoms with Gasteiger partial charge in [0.25, 0.3) is 15.9 Å². The van der Waals surface area contributed by atoms with Gasteiger partial charge < -0.3 is 10.6 Å². The lowest BCUT2D eigenvalue weighted by Gasteiger charge is -2.25. The first kappa shape index (κ1) is 27.5. The standard InChI is InChI=1S/C26H27Cl2N3O4S/c1-4-18(3)29-26(33)20-8-5-6-10-22(20)30-24(32)16-31(23-11-7-9-21(27)25(23)28)36(34,35)19-14-12-17(2)13-15-19/h5-15,18H,4,16H2,1-3H3,(H,29,33)(H,30,32)/t18-/m0/s1. The van der Waals surface area contributed by atoms with Crippen molar-refractivity contribution in [2.24, 2.45) is 0 Å². The fraction of sp³-hybridized carbons (Fsp3) is 0.231. The topological polar surface area (TPSA) is 95.6 Å². The van der Waals surface area contributed by atoms with E-state index in [1.165, 1.54) is 24.3 Å². The van der Waals surface area contributed by atoms with Gasteiger partial charge in [-0.15, -0.1) is 0 Å². The number of para-hydroxylation sites is 1. The van der Waals surface area contributed by atoms with E-state index in [9.17, 15) is 18.0 Å². The van der Waals surface area contributed by atoms with Crippen LogP contribution in [0, 0.1) is 6.92 Å². The van der Waals surface area contributed by atoms with Crippen LogP contribution in [-0.2, 0) is 14.8 Å². The van der Waals surface area contributed by atoms with Gasteiger partial charge >= 0.3 is 0 Å². The zero-order chi connectivity index (χ0) is 26.5. The summed E-state index contributed by atoms with van der Waals surface area (Å²) in [7, 11) is -4.19. The number of nitrogens with zero attached hydrogens (tertiary/aromatic N) is 1. The number of rotatable bonds is 9. The zero-order valence-corrected chi connectivity index (χ0v) is 22.4. The highest BCUT2D eigenvalue weighted by atomic mass is 35.5. The molecule has 0 aromatic heterocycles. The summed E-state index contributed by atoms with van der Waals surface area (Å²) >= 11 is 12.5. The maximum absolute atomic E-state index is 13.6. The monoisotopic (exact) mass is 547 g/mol. The molecule has 36 heavy (non-hydrogen) atoms. The highest BCUT2D eigenvalue weighted by Crippen LogP contribution is 2.35. The van der Waals surface area contributed by atoms with Crippen molar-refractivity contribution in [3.63, 3.8) is 0 Å². The van der Waals surface area contributed by atoms with Crippen molar-refractivity contribution in [1.82, 2.24) is 5.32 Å². The third-order valence-corrected chi connectivity index (χ3v) is 8.11. The Hall–Kier alpha value is -3.07. The minimum Gasteiger partial charge on any atom is -0.350 e. The molecule has 0 bridgehead atoms. The summed E-state index contributed by atoms with van der Waals surface area (Å²) in [5.74, 6) is -1.01. The van der Waals surface area contributed by atoms with Crippen molar-refractivity contribution >= 4 is 56.4 Å². The highest BCUT2D eigenvalue weighted by molar-refractivity contribution is 7.92. The second kappa shape index (κ2) is 11.8. The Morgan fingerprint density at radius 2 is 1.64 bits per heavy atom. The van der Waals surface area contributed by atoms with Crippen molar-refractivity contribution in [2.45, 2.75) is 38.1 Å². The van der Waals surface area contributed by atoms with Gasteiger partial charge in [-0.25, -0.2) is 8.42 Å². The number of hydrogen-bond donors (Lipinski definition) is 2. The third kappa shape index (κ3) is 6.37. The number of halogens is 2. The lowest BCUT2D eigenvalue weighted by molar-refractivity contribution is -0.114. The van der Waals surface area contributed by atoms with Crippen molar-refractivity contribution in [1.29, 1.82) is 0 Å². The second-order valence-electron chi connectivity index (χ2n) is 8.27. The zero-order valence-electron chi connectivity index (χ0n) is 20.1. The molecule has 0 saturated heterocycles. The van der Waals surface area contributed by atoms with Crippen LogP contribution in [0.2, 0.25) is 10.0 Å². The van der Waals surface area contributed by atoms with Crippen molar-refractivity contribution in [3.05, 3.63) is 87.9 Å². The normalized spacial score (nSPS) is 12.0. The lowest BCUT2D eigenvalue weighted by Crippen LogP contribution is -2.39. The number of hydrogen-bond acceptors (Lipinski definition) is 4. The van der Waals surface area contributed by atoms with Crippen molar-refractivity contribution in [2.75, 3.05) is 16.2 Å². The fourth-order valence-corrected chi connectivity index (χ4v) is 5.22. The van der Waals surface area contributed by atoms with Gasteiger partial charge in [-0.1, -0.05) is 66.0 Å². The number of carbonyl (C=O) groups excluding carboxylic acids is 2. The SMILES string of the molecule is CC[C@H](C)NC(=O)c1ccccc1NC(=O)CN(c1cccc(Cl)c1Cl)S(=O)(=O)c1ccc(C)cc1. The van der Waals surface area contributed by atoms with E-state index in [0.717, 1.165) is 16.3 Å². The molecule has 0 heterocycles. The maximum atomic E-state index is 13.6. The molecule has 0 aliphatic heterocycles. The fourth-order valence-electron chi connectivity index (χ4n) is 3.34. The minimum atomic E-state index is -4.19. The summed E-state index contributed by atoms with van der Waals surface area (Å²) in [4.78, 5) is 25.9. The number of nitrogens with one attached hydrogen (secondary N) is 2. The van der Waals surface area contributed by atoms with Crippen LogP contribution < -0.4 is 14.9 Å². The van der Waals surface area contributed by atoms with Gasteiger partial charge in [0.15, 0.2) is 0 Å². The average molecular weight is 548 g/mol. The maximum Gasteiger partial charge on any atom is 0.264 e. The van der Waals surface area contributed by atoms with Crippen LogP contribution in [0.4, 0.5) is 11.4 Å². The summed E-state index contributed by atoms with van der Waals surface area (Å²) in [5, 5.41) is 5.67. The van der Waals surface area contributed by atoms with Crippen LogP contribution in [0.5, 0.6) is 0 Å². The van der Waals surface area contributed by atoms with Gasteiger partial charge in [-0.05, 0) is 56.7 Å². The van der Waals surface area contributed by atoms with Crippen LogP contribution in [0.25, 0.3) is 0 Å². The number of anilines is 2. The molecule has 0 aliphatic rings. The van der Waals surface area contributed by atoms with E-state index in [-0.39, 0.29) is 43.8 Å². The average Bonchev–Trinajstić information content (AvgIpc) is 2.85. The first-order valence-electron chi connectivity index (χ1n) is 11.3. The molecule has 2 amide bonds. The van der Waals surface area contributed by atoms with Crippen LogP contribution in [0.15, 0.2) is 71.6 Å². The lowest BCUT2D eigenvalue weighted by atomic mass is 10.1. The molecule has 0 fully saturated rings. The van der Waals surface area contributed by atoms with Crippen molar-refractivity contribution in [3.8, 4) is 0 Å². The van der Waals surface area contributed by atoms with Crippen LogP contribution in [-0.4, -0.2) is 32.8 Å². The summed E-state index contributed by atoms with van der Waals surface area (Å²) in [5.41, 5.74) is 1.46. The summed E-state index contributed by atoms with van der Waals surface area (Å²) in [6.45, 7) is 5.06. The van der Waals surface area contributed by atoms with Crippen LogP contribution in [0.1, 0.15) is 36.2 Å². The molecular weight excluding hydrogens is 521 g/mol. The Labute approximate surface area is 221 Å². The number of aryl methyl sites for hydroxylation is 1. The molecule has 2 N–H and O–H groups in total. The molecule has 0 saturated carbocycles. The molecule has 190 valence electrons. The van der Waals surface area contributed by atoms with E-state index in [0.29, 0.717) is 0 Å². The molecule has 3 aromatic rings. The van der Waals surface area contributed by atoms with E-state index in [4.69, 9.17) is 23.2 Å². The first-order chi connectivity index (χ1) is 17.0. The van der Waals surface area contributed by atoms with Gasteiger partial charge in [-0.2, -0.15) is 0 Å². The van der Waals surface area contributed by atoms with Gasteiger partial charge in [0, 0.05) is 6.04 Å². The molecule has 1 atom stereocenters. The molecule has 3 rings (SSSR count). The van der Waals surface area contributed by atoms with Crippen molar-refractivity contribution < 1.29 is 18.0 Å². The number of sulfonamides is 1. The minimum absolute atomic E-state index is 0.00372. The van der Waals surface area contributed by atoms with Gasteiger partial charge in [0.1, 0.15) is 6.54 Å². The van der Waals surface area contributed by atoms with Gasteiger partial charge in [-0.3, -0.25) is 13.9 Å². The van der Waals surface area contributed by atoms with Gasteiger partial charge in [0.2, 0.25) is 5.91 Å². The van der Waals surface area contributed by atoms with E-state index >= 15 is 0 Å². The predicted molar refractivity (Wildman–Crippen MR) is 144 cm³/mol. The Bertz CT molecular complexity index is 1360.